The van der Waals surface area contributed by atoms with Crippen LogP contribution in [0.1, 0.15) is 28.7 Å². The minimum atomic E-state index is -4.39. The molecule has 0 bridgehead atoms. The van der Waals surface area contributed by atoms with E-state index >= 15 is 0 Å². The predicted octanol–water partition coefficient (Wildman–Crippen LogP) is 5.24. The molecule has 9 heteroatoms. The Bertz CT molecular complexity index is 1330. The van der Waals surface area contributed by atoms with E-state index in [0.29, 0.717) is 42.0 Å². The van der Waals surface area contributed by atoms with E-state index in [9.17, 15) is 21.6 Å². The molecule has 0 amide bonds. The molecular formula is C25H22F3N3O2S. The van der Waals surface area contributed by atoms with Crippen molar-refractivity contribution < 1.29 is 21.6 Å². The van der Waals surface area contributed by atoms with Crippen LogP contribution in [0.2, 0.25) is 0 Å². The summed E-state index contributed by atoms with van der Waals surface area (Å²) >= 11 is 0. The van der Waals surface area contributed by atoms with Crippen LogP contribution in [0.25, 0.3) is 5.70 Å². The van der Waals surface area contributed by atoms with Crippen LogP contribution in [0.5, 0.6) is 0 Å². The maximum atomic E-state index is 12.8. The number of hydrogen-bond donors (Lipinski definition) is 2. The minimum Gasteiger partial charge on any atom is -0.330 e. The number of benzene rings is 3. The van der Waals surface area contributed by atoms with E-state index in [4.69, 9.17) is 5.73 Å². The van der Waals surface area contributed by atoms with E-state index in [-0.39, 0.29) is 4.90 Å². The lowest BCUT2D eigenvalue weighted by Crippen LogP contribution is -2.13. The summed E-state index contributed by atoms with van der Waals surface area (Å²) in [5.74, 6) is 0. The Morgan fingerprint density at radius 2 is 1.50 bits per heavy atom. The summed E-state index contributed by atoms with van der Waals surface area (Å²) in [5.41, 5.74) is 8.92. The average Bonchev–Trinajstić information content (AvgIpc) is 3.30. The maximum Gasteiger partial charge on any atom is 0.416 e. The van der Waals surface area contributed by atoms with E-state index in [0.717, 1.165) is 23.3 Å². The van der Waals surface area contributed by atoms with Crippen LogP contribution in [-0.2, 0) is 22.6 Å². The predicted molar refractivity (Wildman–Crippen MR) is 127 cm³/mol. The Labute approximate surface area is 195 Å². The summed E-state index contributed by atoms with van der Waals surface area (Å²) in [7, 11) is -3.77. The molecule has 1 aliphatic heterocycles. The lowest BCUT2D eigenvalue weighted by Gasteiger charge is -2.10. The van der Waals surface area contributed by atoms with Crippen molar-refractivity contribution in [3.05, 3.63) is 101 Å². The number of sulfonamides is 1. The third kappa shape index (κ3) is 5.37. The number of allylic oxidation sites excluding steroid dienone is 1. The molecular weight excluding hydrogens is 463 g/mol. The van der Waals surface area contributed by atoms with Crippen LogP contribution in [0.4, 0.5) is 18.9 Å². The zero-order valence-corrected chi connectivity index (χ0v) is 18.8. The number of nitrogens with one attached hydrogen (secondary N) is 1. The van der Waals surface area contributed by atoms with Gasteiger partial charge in [-0.1, -0.05) is 42.5 Å². The van der Waals surface area contributed by atoms with Gasteiger partial charge in [-0.15, -0.1) is 0 Å². The molecule has 0 saturated heterocycles. The third-order valence-electron chi connectivity index (χ3n) is 5.39. The summed E-state index contributed by atoms with van der Waals surface area (Å²) in [6, 6.07) is 18.2. The number of nitrogens with two attached hydrogens (primary N) is 1. The molecule has 0 spiro atoms. The zero-order valence-electron chi connectivity index (χ0n) is 18.0. The van der Waals surface area contributed by atoms with Gasteiger partial charge in [-0.25, -0.2) is 8.42 Å². The molecule has 0 atom stereocenters. The van der Waals surface area contributed by atoms with E-state index < -0.39 is 21.8 Å². The van der Waals surface area contributed by atoms with Crippen molar-refractivity contribution in [2.24, 2.45) is 10.7 Å². The van der Waals surface area contributed by atoms with Gasteiger partial charge in [0, 0.05) is 12.1 Å². The number of alkyl halides is 3. The lowest BCUT2D eigenvalue weighted by molar-refractivity contribution is -0.137. The van der Waals surface area contributed by atoms with Crippen molar-refractivity contribution in [1.29, 1.82) is 0 Å². The monoisotopic (exact) mass is 485 g/mol. The van der Waals surface area contributed by atoms with Crippen molar-refractivity contribution >= 4 is 27.1 Å². The summed E-state index contributed by atoms with van der Waals surface area (Å²) in [6.45, 7) is 0.518. The molecule has 0 fully saturated rings. The standard InChI is InChI=1S/C25H22F3N3O2S/c26-25(27,28)20-7-3-18(4-8-20)23-13-14-24(30-23)19-5-11-22(12-6-19)34(32,33)31-21-9-1-17(2-10-21)15-16-29/h1-13,31H,14-16,29H2. The highest BCUT2D eigenvalue weighted by molar-refractivity contribution is 7.92. The second-order valence-corrected chi connectivity index (χ2v) is 9.47. The Balaban J connectivity index is 1.46. The first-order valence-corrected chi connectivity index (χ1v) is 12.0. The van der Waals surface area contributed by atoms with Gasteiger partial charge >= 0.3 is 6.18 Å². The molecule has 4 rings (SSSR count). The molecule has 1 heterocycles. The van der Waals surface area contributed by atoms with E-state index in [2.05, 4.69) is 9.71 Å². The van der Waals surface area contributed by atoms with Crippen molar-refractivity contribution in [2.75, 3.05) is 11.3 Å². The zero-order chi connectivity index (χ0) is 24.3. The number of rotatable bonds is 7. The molecule has 1 aliphatic rings. The normalized spacial score (nSPS) is 14.0. The first-order chi connectivity index (χ1) is 16.2. The number of hydrogen-bond acceptors (Lipinski definition) is 4. The van der Waals surface area contributed by atoms with Crippen molar-refractivity contribution in [2.45, 2.75) is 23.9 Å². The van der Waals surface area contributed by atoms with E-state index in [1.807, 2.05) is 18.2 Å². The van der Waals surface area contributed by atoms with Crippen LogP contribution in [0.15, 0.2) is 88.8 Å². The van der Waals surface area contributed by atoms with Gasteiger partial charge in [0.25, 0.3) is 10.0 Å². The van der Waals surface area contributed by atoms with Gasteiger partial charge in [0.15, 0.2) is 0 Å². The smallest absolute Gasteiger partial charge is 0.330 e. The number of halogens is 3. The number of nitrogens with zero attached hydrogens (tertiary/aromatic N) is 1. The second-order valence-electron chi connectivity index (χ2n) is 7.79. The maximum absolute atomic E-state index is 12.8. The summed E-state index contributed by atoms with van der Waals surface area (Å²) in [4.78, 5) is 4.63. The Morgan fingerprint density at radius 3 is 2.09 bits per heavy atom. The van der Waals surface area contributed by atoms with Gasteiger partial charge in [0.05, 0.1) is 21.9 Å². The molecule has 3 N–H and O–H groups in total. The van der Waals surface area contributed by atoms with Crippen LogP contribution in [-0.4, -0.2) is 20.7 Å². The quantitative estimate of drug-likeness (QED) is 0.480. The molecule has 3 aromatic carbocycles. The van der Waals surface area contributed by atoms with E-state index in [1.54, 1.807) is 24.3 Å². The Kier molecular flexibility index (Phi) is 6.58. The van der Waals surface area contributed by atoms with Crippen molar-refractivity contribution in [3.63, 3.8) is 0 Å². The van der Waals surface area contributed by atoms with Crippen LogP contribution in [0, 0.1) is 0 Å². The summed E-state index contributed by atoms with van der Waals surface area (Å²) < 4.78 is 66.3. The van der Waals surface area contributed by atoms with Gasteiger partial charge in [-0.05, 0) is 66.1 Å². The molecule has 3 aromatic rings. The fourth-order valence-electron chi connectivity index (χ4n) is 3.57. The molecule has 5 nitrogen and oxygen atoms in total. The van der Waals surface area contributed by atoms with Crippen LogP contribution < -0.4 is 10.5 Å². The fourth-order valence-corrected chi connectivity index (χ4v) is 4.63. The summed E-state index contributed by atoms with van der Waals surface area (Å²) in [5, 5.41) is 0. The Morgan fingerprint density at radius 1 is 0.882 bits per heavy atom. The number of aliphatic imine (C=N–C) groups is 1. The highest BCUT2D eigenvalue weighted by Gasteiger charge is 2.30. The van der Waals surface area contributed by atoms with Gasteiger partial charge in [-0.2, -0.15) is 13.2 Å². The number of anilines is 1. The highest BCUT2D eigenvalue weighted by atomic mass is 32.2. The van der Waals surface area contributed by atoms with Gasteiger partial charge in [0.1, 0.15) is 0 Å². The topological polar surface area (TPSA) is 84.5 Å². The van der Waals surface area contributed by atoms with Gasteiger partial charge < -0.3 is 5.73 Å². The molecule has 0 unspecified atom stereocenters. The van der Waals surface area contributed by atoms with Crippen LogP contribution in [0.3, 0.4) is 0 Å². The molecule has 0 aliphatic carbocycles. The Hall–Kier alpha value is -3.43. The molecule has 34 heavy (non-hydrogen) atoms. The third-order valence-corrected chi connectivity index (χ3v) is 6.79. The summed E-state index contributed by atoms with van der Waals surface area (Å²) in [6.07, 6.45) is -1.34. The molecule has 0 saturated carbocycles. The van der Waals surface area contributed by atoms with Crippen LogP contribution >= 0.6 is 0 Å². The van der Waals surface area contributed by atoms with Gasteiger partial charge in [0.2, 0.25) is 0 Å². The lowest BCUT2D eigenvalue weighted by atomic mass is 10.1. The molecule has 0 radical (unpaired) electrons. The second kappa shape index (κ2) is 9.44. The highest BCUT2D eigenvalue weighted by Crippen LogP contribution is 2.31. The first kappa shape index (κ1) is 23.7. The van der Waals surface area contributed by atoms with Crippen molar-refractivity contribution in [1.82, 2.24) is 0 Å². The molecule has 0 aromatic heterocycles. The SMILES string of the molecule is NCCc1ccc(NS(=O)(=O)c2ccc(C3=NC(c4ccc(C(F)(F)F)cc4)=CC3)cc2)cc1. The minimum absolute atomic E-state index is 0.108. The fraction of sp³-hybridized carbons (Fsp3) is 0.160. The largest absolute Gasteiger partial charge is 0.416 e. The molecule has 176 valence electrons. The first-order valence-electron chi connectivity index (χ1n) is 10.5. The van der Waals surface area contributed by atoms with Crippen molar-refractivity contribution in [3.8, 4) is 0 Å². The average molecular weight is 486 g/mol. The van der Waals surface area contributed by atoms with E-state index in [1.165, 1.54) is 24.3 Å². The van der Waals surface area contributed by atoms with Gasteiger partial charge in [-0.3, -0.25) is 9.71 Å².